The number of alkyl carbamates (subject to hydrolysis) is 1. The van der Waals surface area contributed by atoms with Gasteiger partial charge in [0.1, 0.15) is 18.0 Å². The molecule has 6 nitrogen and oxygen atoms in total. The summed E-state index contributed by atoms with van der Waals surface area (Å²) in [6.07, 6.45) is 0.237. The topological polar surface area (TPSA) is 67.9 Å². The number of halogens is 3. The number of nitrogens with zero attached hydrogens (tertiary/aromatic N) is 1. The minimum absolute atomic E-state index is 0.000578. The van der Waals surface area contributed by atoms with Gasteiger partial charge in [-0.3, -0.25) is 0 Å². The second kappa shape index (κ2) is 11.5. The number of hydrogen-bond donors (Lipinski definition) is 1. The van der Waals surface area contributed by atoms with E-state index >= 15 is 0 Å². The molecule has 0 aliphatic carbocycles. The molecule has 1 atom stereocenters. The summed E-state index contributed by atoms with van der Waals surface area (Å²) in [4.78, 5) is 26.4. The standard InChI is InChI=1S/C26H31F3N2O4/c1-26(2,3)35-24(32)30-23(19-14-21(28)22(29)15-20(19)27)13-17-9-11-31(12-10-17)25(33)34-16-18-7-5-4-6-8-18/h4-8,14-15,17,23H,9-13,16H2,1-3H3,(H,30,32)/t23-/m0/s1. The monoisotopic (exact) mass is 492 g/mol. The highest BCUT2D eigenvalue weighted by Gasteiger charge is 2.30. The van der Waals surface area contributed by atoms with Gasteiger partial charge in [-0.05, 0) is 57.6 Å². The Morgan fingerprint density at radius 1 is 1.03 bits per heavy atom. The van der Waals surface area contributed by atoms with E-state index < -0.39 is 41.3 Å². The van der Waals surface area contributed by atoms with Crippen LogP contribution >= 0.6 is 0 Å². The van der Waals surface area contributed by atoms with Crippen LogP contribution in [0.25, 0.3) is 0 Å². The van der Waals surface area contributed by atoms with Gasteiger partial charge in [-0.2, -0.15) is 0 Å². The van der Waals surface area contributed by atoms with Crippen LogP contribution in [0, 0.1) is 23.4 Å². The van der Waals surface area contributed by atoms with Crippen LogP contribution < -0.4 is 5.32 Å². The first-order valence-electron chi connectivity index (χ1n) is 11.6. The molecule has 2 amide bonds. The molecule has 0 aromatic heterocycles. The van der Waals surface area contributed by atoms with Crippen molar-refractivity contribution in [1.29, 1.82) is 0 Å². The van der Waals surface area contributed by atoms with Crippen LogP contribution in [0.4, 0.5) is 22.8 Å². The number of hydrogen-bond acceptors (Lipinski definition) is 4. The van der Waals surface area contributed by atoms with Crippen molar-refractivity contribution in [3.8, 4) is 0 Å². The summed E-state index contributed by atoms with van der Waals surface area (Å²) in [5.41, 5.74) is -0.0491. The third-order valence-corrected chi connectivity index (χ3v) is 5.75. The van der Waals surface area contributed by atoms with Crippen molar-refractivity contribution in [2.45, 2.75) is 58.3 Å². The van der Waals surface area contributed by atoms with Crippen molar-refractivity contribution < 1.29 is 32.2 Å². The number of rotatable bonds is 6. The molecule has 190 valence electrons. The predicted molar refractivity (Wildman–Crippen MR) is 124 cm³/mol. The first-order chi connectivity index (χ1) is 16.5. The van der Waals surface area contributed by atoms with Gasteiger partial charge in [0.15, 0.2) is 11.6 Å². The maximum atomic E-state index is 14.5. The first-order valence-corrected chi connectivity index (χ1v) is 11.6. The molecule has 3 rings (SSSR count). The third kappa shape index (κ3) is 7.90. The summed E-state index contributed by atoms with van der Waals surface area (Å²) >= 11 is 0. The van der Waals surface area contributed by atoms with E-state index in [2.05, 4.69) is 5.32 Å². The Hall–Kier alpha value is -3.23. The van der Waals surface area contributed by atoms with E-state index in [0.29, 0.717) is 32.0 Å². The average Bonchev–Trinajstić information content (AvgIpc) is 2.79. The zero-order chi connectivity index (χ0) is 25.6. The number of ether oxygens (including phenoxy) is 2. The Bertz CT molecular complexity index is 1020. The van der Waals surface area contributed by atoms with E-state index in [1.54, 1.807) is 25.7 Å². The molecule has 9 heteroatoms. The fraction of sp³-hybridized carbons (Fsp3) is 0.462. The van der Waals surface area contributed by atoms with Crippen molar-refractivity contribution in [2.24, 2.45) is 5.92 Å². The summed E-state index contributed by atoms with van der Waals surface area (Å²) in [6, 6.07) is 9.67. The highest BCUT2D eigenvalue weighted by Crippen LogP contribution is 2.31. The van der Waals surface area contributed by atoms with Crippen LogP contribution in [0.2, 0.25) is 0 Å². The van der Waals surface area contributed by atoms with Gasteiger partial charge < -0.3 is 19.7 Å². The second-order valence-corrected chi connectivity index (χ2v) is 9.69. The second-order valence-electron chi connectivity index (χ2n) is 9.69. The van der Waals surface area contributed by atoms with Crippen LogP contribution in [0.1, 0.15) is 57.2 Å². The molecule has 2 aromatic rings. The van der Waals surface area contributed by atoms with Gasteiger partial charge in [-0.15, -0.1) is 0 Å². The molecular weight excluding hydrogens is 461 g/mol. The fourth-order valence-electron chi connectivity index (χ4n) is 4.01. The largest absolute Gasteiger partial charge is 0.445 e. The van der Waals surface area contributed by atoms with Crippen molar-refractivity contribution in [1.82, 2.24) is 10.2 Å². The normalized spacial score (nSPS) is 15.4. The Kier molecular flexibility index (Phi) is 8.64. The van der Waals surface area contributed by atoms with Gasteiger partial charge in [0, 0.05) is 24.7 Å². The smallest absolute Gasteiger partial charge is 0.410 e. The van der Waals surface area contributed by atoms with E-state index in [1.165, 1.54) is 0 Å². The number of nitrogens with one attached hydrogen (secondary N) is 1. The molecule has 0 spiro atoms. The third-order valence-electron chi connectivity index (χ3n) is 5.75. The zero-order valence-electron chi connectivity index (χ0n) is 20.2. The SMILES string of the molecule is CC(C)(C)OC(=O)N[C@@H](CC1CCN(C(=O)OCc2ccccc2)CC1)c1cc(F)c(F)cc1F. The van der Waals surface area contributed by atoms with Crippen molar-refractivity contribution in [3.63, 3.8) is 0 Å². The molecule has 35 heavy (non-hydrogen) atoms. The maximum absolute atomic E-state index is 14.5. The molecule has 0 radical (unpaired) electrons. The molecular formula is C26H31F3N2O4. The highest BCUT2D eigenvalue weighted by molar-refractivity contribution is 5.68. The summed E-state index contributed by atoms with van der Waals surface area (Å²) in [7, 11) is 0. The number of amides is 2. The van der Waals surface area contributed by atoms with E-state index in [0.717, 1.165) is 11.6 Å². The summed E-state index contributed by atoms with van der Waals surface area (Å²) in [5.74, 6) is -3.45. The molecule has 1 N–H and O–H groups in total. The number of likely N-dealkylation sites (tertiary alicyclic amines) is 1. The minimum Gasteiger partial charge on any atom is -0.445 e. The van der Waals surface area contributed by atoms with E-state index in [-0.39, 0.29) is 24.5 Å². The van der Waals surface area contributed by atoms with Crippen LogP contribution in [0.5, 0.6) is 0 Å². The summed E-state index contributed by atoms with van der Waals surface area (Å²) < 4.78 is 52.6. The Morgan fingerprint density at radius 2 is 1.66 bits per heavy atom. The van der Waals surface area contributed by atoms with Gasteiger partial charge in [0.2, 0.25) is 0 Å². The fourth-order valence-corrected chi connectivity index (χ4v) is 4.01. The van der Waals surface area contributed by atoms with Crippen LogP contribution in [0.15, 0.2) is 42.5 Å². The Balaban J connectivity index is 1.62. The number of carbonyl (C=O) groups is 2. The molecule has 2 aromatic carbocycles. The molecule has 0 saturated carbocycles. The Labute approximate surface area is 203 Å². The molecule has 1 heterocycles. The molecule has 1 fully saturated rings. The molecule has 0 unspecified atom stereocenters. The minimum atomic E-state index is -1.30. The lowest BCUT2D eigenvalue weighted by atomic mass is 9.87. The number of piperidine rings is 1. The van der Waals surface area contributed by atoms with E-state index in [4.69, 9.17) is 9.47 Å². The van der Waals surface area contributed by atoms with Crippen LogP contribution in [-0.4, -0.2) is 35.8 Å². The van der Waals surface area contributed by atoms with Gasteiger partial charge in [-0.1, -0.05) is 30.3 Å². The van der Waals surface area contributed by atoms with Crippen molar-refractivity contribution >= 4 is 12.2 Å². The number of benzene rings is 2. The summed E-state index contributed by atoms with van der Waals surface area (Å²) in [5, 5.41) is 2.60. The van der Waals surface area contributed by atoms with Gasteiger partial charge in [-0.25, -0.2) is 22.8 Å². The summed E-state index contributed by atoms with van der Waals surface area (Å²) in [6.45, 7) is 6.09. The van der Waals surface area contributed by atoms with E-state index in [9.17, 15) is 22.8 Å². The number of carbonyl (C=O) groups excluding carboxylic acids is 2. The van der Waals surface area contributed by atoms with Gasteiger partial charge in [0.25, 0.3) is 0 Å². The lowest BCUT2D eigenvalue weighted by molar-refractivity contribution is 0.0488. The lowest BCUT2D eigenvalue weighted by Gasteiger charge is -2.33. The average molecular weight is 493 g/mol. The maximum Gasteiger partial charge on any atom is 0.410 e. The molecule has 1 aliphatic heterocycles. The predicted octanol–water partition coefficient (Wildman–Crippen LogP) is 6.11. The molecule has 0 bridgehead atoms. The molecule has 1 aliphatic rings. The molecule has 1 saturated heterocycles. The Morgan fingerprint density at radius 3 is 2.29 bits per heavy atom. The van der Waals surface area contributed by atoms with Crippen molar-refractivity contribution in [3.05, 3.63) is 71.0 Å². The quantitative estimate of drug-likeness (QED) is 0.494. The lowest BCUT2D eigenvalue weighted by Crippen LogP contribution is -2.40. The van der Waals surface area contributed by atoms with Crippen LogP contribution in [-0.2, 0) is 16.1 Å². The highest BCUT2D eigenvalue weighted by atomic mass is 19.2. The van der Waals surface area contributed by atoms with Crippen LogP contribution in [0.3, 0.4) is 0 Å². The zero-order valence-corrected chi connectivity index (χ0v) is 20.2. The van der Waals surface area contributed by atoms with E-state index in [1.807, 2.05) is 30.3 Å². The van der Waals surface area contributed by atoms with Gasteiger partial charge >= 0.3 is 12.2 Å². The first kappa shape index (κ1) is 26.4. The van der Waals surface area contributed by atoms with Crippen molar-refractivity contribution in [2.75, 3.05) is 13.1 Å². The van der Waals surface area contributed by atoms with Gasteiger partial charge in [0.05, 0.1) is 6.04 Å².